The highest BCUT2D eigenvalue weighted by Gasteiger charge is 2.50. The van der Waals surface area contributed by atoms with Crippen molar-refractivity contribution in [2.45, 2.75) is 96.9 Å². The average molecular weight is 429 g/mol. The Kier molecular flexibility index (Phi) is 6.73. The van der Waals surface area contributed by atoms with Crippen LogP contribution < -0.4 is 5.32 Å². The lowest BCUT2D eigenvalue weighted by molar-refractivity contribution is -0.143. The Morgan fingerprint density at radius 1 is 1.13 bits per heavy atom. The predicted molar refractivity (Wildman–Crippen MR) is 122 cm³/mol. The topological polar surface area (TPSA) is 67.2 Å². The highest BCUT2D eigenvalue weighted by Crippen LogP contribution is 2.48. The van der Waals surface area contributed by atoms with Crippen LogP contribution in [0.15, 0.2) is 0 Å². The first-order chi connectivity index (χ1) is 14.9. The molecule has 0 aromatic carbocycles. The van der Waals surface area contributed by atoms with Crippen LogP contribution >= 0.6 is 0 Å². The van der Waals surface area contributed by atoms with Crippen LogP contribution in [0.25, 0.3) is 0 Å². The second kappa shape index (κ2) is 9.33. The molecule has 2 saturated carbocycles. The van der Waals surface area contributed by atoms with Crippen LogP contribution in [-0.4, -0.2) is 45.6 Å². The molecule has 6 nitrogen and oxygen atoms in total. The van der Waals surface area contributed by atoms with Gasteiger partial charge in [-0.05, 0) is 63.9 Å². The van der Waals surface area contributed by atoms with Gasteiger partial charge in [-0.25, -0.2) is 0 Å². The highest BCUT2D eigenvalue weighted by atomic mass is 16.2. The maximum Gasteiger partial charge on any atom is 0.222 e. The Bertz CT molecular complexity index is 811. The molecule has 2 atom stereocenters. The van der Waals surface area contributed by atoms with E-state index in [1.807, 2.05) is 18.7 Å². The lowest BCUT2D eigenvalue weighted by Gasteiger charge is -2.47. The van der Waals surface area contributed by atoms with E-state index in [0.717, 1.165) is 50.2 Å². The number of nitrogens with zero attached hydrogens (tertiary/aromatic N) is 3. The van der Waals surface area contributed by atoms with Gasteiger partial charge in [0.05, 0.1) is 5.69 Å². The number of fused-ring (bicyclic) bond motifs is 1. The Morgan fingerprint density at radius 3 is 2.61 bits per heavy atom. The molecule has 2 amide bonds. The van der Waals surface area contributed by atoms with Crippen molar-refractivity contribution < 1.29 is 9.59 Å². The maximum atomic E-state index is 12.8. The van der Waals surface area contributed by atoms with Gasteiger partial charge in [0.1, 0.15) is 0 Å². The summed E-state index contributed by atoms with van der Waals surface area (Å²) in [5.41, 5.74) is 3.44. The van der Waals surface area contributed by atoms with Gasteiger partial charge in [-0.2, -0.15) is 5.10 Å². The molecule has 1 aliphatic heterocycles. The Morgan fingerprint density at radius 2 is 1.90 bits per heavy atom. The van der Waals surface area contributed by atoms with Crippen molar-refractivity contribution in [2.24, 2.45) is 18.4 Å². The third-order valence-electron chi connectivity index (χ3n) is 8.47. The SMILES string of the molecule is Cc1nn(C)c(C)c1CCC(=O)NC[C@@]12CCC[C@H]1N(CC1CCCCC1)C(=O)CC2. The largest absolute Gasteiger partial charge is 0.355 e. The number of aromatic nitrogens is 2. The van der Waals surface area contributed by atoms with Crippen LogP contribution in [0.4, 0.5) is 0 Å². The average Bonchev–Trinajstić information content (AvgIpc) is 3.29. The number of hydrogen-bond donors (Lipinski definition) is 1. The number of likely N-dealkylation sites (tertiary alicyclic amines) is 1. The van der Waals surface area contributed by atoms with E-state index in [1.54, 1.807) is 0 Å². The first-order valence-electron chi connectivity index (χ1n) is 12.4. The lowest BCUT2D eigenvalue weighted by Crippen LogP contribution is -2.57. The van der Waals surface area contributed by atoms with Gasteiger partial charge in [0, 0.05) is 50.1 Å². The molecular formula is C25H40N4O2. The van der Waals surface area contributed by atoms with Gasteiger partial charge in [-0.3, -0.25) is 14.3 Å². The van der Waals surface area contributed by atoms with E-state index >= 15 is 0 Å². The minimum atomic E-state index is 0.0817. The molecule has 0 unspecified atom stereocenters. The predicted octanol–water partition coefficient (Wildman–Crippen LogP) is 3.83. The summed E-state index contributed by atoms with van der Waals surface area (Å²) in [6.45, 7) is 5.74. The highest BCUT2D eigenvalue weighted by molar-refractivity contribution is 5.78. The van der Waals surface area contributed by atoms with E-state index in [2.05, 4.69) is 22.2 Å². The van der Waals surface area contributed by atoms with Crippen molar-refractivity contribution in [3.63, 3.8) is 0 Å². The zero-order valence-electron chi connectivity index (χ0n) is 19.7. The van der Waals surface area contributed by atoms with Crippen molar-refractivity contribution in [2.75, 3.05) is 13.1 Å². The van der Waals surface area contributed by atoms with Crippen molar-refractivity contribution in [1.29, 1.82) is 0 Å². The van der Waals surface area contributed by atoms with Gasteiger partial charge in [0.2, 0.25) is 11.8 Å². The molecule has 1 saturated heterocycles. The van der Waals surface area contributed by atoms with Crippen LogP contribution in [0, 0.1) is 25.2 Å². The van der Waals surface area contributed by atoms with Crippen LogP contribution in [-0.2, 0) is 23.1 Å². The fourth-order valence-electron chi connectivity index (χ4n) is 6.52. The van der Waals surface area contributed by atoms with Gasteiger partial charge in [-0.15, -0.1) is 0 Å². The Balaban J connectivity index is 1.35. The first-order valence-corrected chi connectivity index (χ1v) is 12.4. The van der Waals surface area contributed by atoms with Crippen LogP contribution in [0.1, 0.15) is 87.6 Å². The number of carbonyl (C=O) groups excluding carboxylic acids is 2. The normalized spacial score (nSPS) is 26.9. The number of amides is 2. The fourth-order valence-corrected chi connectivity index (χ4v) is 6.52. The van der Waals surface area contributed by atoms with E-state index in [1.165, 1.54) is 44.1 Å². The summed E-state index contributed by atoms with van der Waals surface area (Å²) >= 11 is 0. The van der Waals surface area contributed by atoms with Gasteiger partial charge in [0.15, 0.2) is 0 Å². The summed E-state index contributed by atoms with van der Waals surface area (Å²) in [5, 5.41) is 7.73. The van der Waals surface area contributed by atoms with Crippen LogP contribution in [0.5, 0.6) is 0 Å². The van der Waals surface area contributed by atoms with E-state index in [9.17, 15) is 9.59 Å². The quantitative estimate of drug-likeness (QED) is 0.718. The zero-order chi connectivity index (χ0) is 22.0. The minimum Gasteiger partial charge on any atom is -0.355 e. The van der Waals surface area contributed by atoms with E-state index in [0.29, 0.717) is 30.7 Å². The Labute approximate surface area is 187 Å². The number of carbonyl (C=O) groups is 2. The molecule has 2 aliphatic carbocycles. The summed E-state index contributed by atoms with van der Waals surface area (Å²) in [4.78, 5) is 27.8. The third kappa shape index (κ3) is 4.68. The molecular weight excluding hydrogens is 388 g/mol. The molecule has 3 fully saturated rings. The second-order valence-corrected chi connectivity index (χ2v) is 10.4. The first kappa shape index (κ1) is 22.3. The van der Waals surface area contributed by atoms with Crippen molar-refractivity contribution >= 4 is 11.8 Å². The third-order valence-corrected chi connectivity index (χ3v) is 8.47. The molecule has 1 aromatic heterocycles. The second-order valence-electron chi connectivity index (χ2n) is 10.4. The number of nitrogens with one attached hydrogen (secondary N) is 1. The van der Waals surface area contributed by atoms with E-state index in [4.69, 9.17) is 0 Å². The van der Waals surface area contributed by atoms with Gasteiger partial charge in [0.25, 0.3) is 0 Å². The molecule has 31 heavy (non-hydrogen) atoms. The smallest absolute Gasteiger partial charge is 0.222 e. The molecule has 6 heteroatoms. The van der Waals surface area contributed by atoms with E-state index in [-0.39, 0.29) is 11.3 Å². The monoisotopic (exact) mass is 428 g/mol. The molecule has 3 aliphatic rings. The van der Waals surface area contributed by atoms with Crippen molar-refractivity contribution in [3.8, 4) is 0 Å². The molecule has 1 aromatic rings. The summed E-state index contributed by atoms with van der Waals surface area (Å²) in [6, 6.07) is 0.318. The summed E-state index contributed by atoms with van der Waals surface area (Å²) in [7, 11) is 1.95. The van der Waals surface area contributed by atoms with Gasteiger partial charge in [-0.1, -0.05) is 25.7 Å². The zero-order valence-corrected chi connectivity index (χ0v) is 19.7. The summed E-state index contributed by atoms with van der Waals surface area (Å²) in [6.07, 6.45) is 12.7. The maximum absolute atomic E-state index is 12.8. The fraction of sp³-hybridized carbons (Fsp3) is 0.800. The van der Waals surface area contributed by atoms with E-state index < -0.39 is 0 Å². The van der Waals surface area contributed by atoms with Crippen LogP contribution in [0.3, 0.4) is 0 Å². The number of aryl methyl sites for hydroxylation is 2. The molecule has 1 N–H and O–H groups in total. The number of rotatable bonds is 7. The molecule has 0 spiro atoms. The lowest BCUT2D eigenvalue weighted by atomic mass is 9.74. The molecule has 2 heterocycles. The molecule has 4 rings (SSSR count). The molecule has 0 radical (unpaired) electrons. The number of hydrogen-bond acceptors (Lipinski definition) is 3. The summed E-state index contributed by atoms with van der Waals surface area (Å²) in [5.74, 6) is 1.15. The standard InChI is InChI=1S/C25H40N4O2/c1-18-21(19(2)28(3)27-18)11-12-23(30)26-17-25-14-7-10-22(25)29(24(31)13-15-25)16-20-8-5-4-6-9-20/h20,22H,4-17H2,1-3H3,(H,26,30)/t22-,25+/m1/s1. The minimum absolute atomic E-state index is 0.0817. The summed E-state index contributed by atoms with van der Waals surface area (Å²) < 4.78 is 1.89. The molecule has 172 valence electrons. The van der Waals surface area contributed by atoms with Crippen molar-refractivity contribution in [3.05, 3.63) is 17.0 Å². The van der Waals surface area contributed by atoms with Gasteiger partial charge < -0.3 is 10.2 Å². The Hall–Kier alpha value is -1.85. The van der Waals surface area contributed by atoms with Crippen LogP contribution in [0.2, 0.25) is 0 Å². The number of piperidine rings is 1. The van der Waals surface area contributed by atoms with Crippen molar-refractivity contribution in [1.82, 2.24) is 20.0 Å². The van der Waals surface area contributed by atoms with Gasteiger partial charge >= 0.3 is 0 Å². The molecule has 0 bridgehead atoms.